The van der Waals surface area contributed by atoms with Crippen molar-refractivity contribution < 1.29 is 9.59 Å². The zero-order chi connectivity index (χ0) is 15.1. The Morgan fingerprint density at radius 3 is 2.71 bits per heavy atom. The van der Waals surface area contributed by atoms with E-state index in [1.807, 2.05) is 6.07 Å². The van der Waals surface area contributed by atoms with Crippen molar-refractivity contribution in [3.8, 4) is 0 Å². The van der Waals surface area contributed by atoms with Crippen LogP contribution in [-0.2, 0) is 11.3 Å². The van der Waals surface area contributed by atoms with Crippen molar-refractivity contribution >= 4 is 11.8 Å². The molecule has 0 radical (unpaired) electrons. The molecule has 0 aliphatic carbocycles. The average Bonchev–Trinajstić information content (AvgIpc) is 3.00. The molecule has 21 heavy (non-hydrogen) atoms. The minimum atomic E-state index is -0.166. The topological polar surface area (TPSA) is 78.1 Å². The van der Waals surface area contributed by atoms with E-state index in [-0.39, 0.29) is 18.2 Å². The number of nitrogens with one attached hydrogen (secondary N) is 2. The molecule has 6 nitrogen and oxygen atoms in total. The van der Waals surface area contributed by atoms with Crippen LogP contribution in [0, 0.1) is 0 Å². The summed E-state index contributed by atoms with van der Waals surface area (Å²) in [5, 5.41) is 9.28. The minimum absolute atomic E-state index is 0.0236. The molecular formula is C15H18N4O2. The second kappa shape index (κ2) is 7.23. The normalized spacial score (nSPS) is 10.1. The van der Waals surface area contributed by atoms with Crippen molar-refractivity contribution in [2.24, 2.45) is 0 Å². The van der Waals surface area contributed by atoms with Crippen LogP contribution in [0.4, 0.5) is 0 Å². The Hall–Kier alpha value is -2.63. The van der Waals surface area contributed by atoms with E-state index in [1.54, 1.807) is 48.6 Å². The average molecular weight is 286 g/mol. The highest BCUT2D eigenvalue weighted by Crippen LogP contribution is 2.02. The van der Waals surface area contributed by atoms with Crippen molar-refractivity contribution in [3.05, 3.63) is 53.9 Å². The molecule has 2 aromatic rings. The molecule has 0 saturated heterocycles. The van der Waals surface area contributed by atoms with Gasteiger partial charge in [0.2, 0.25) is 5.91 Å². The highest BCUT2D eigenvalue weighted by molar-refractivity contribution is 5.94. The fourth-order valence-corrected chi connectivity index (χ4v) is 1.89. The number of carbonyl (C=O) groups is 2. The van der Waals surface area contributed by atoms with E-state index in [9.17, 15) is 9.59 Å². The van der Waals surface area contributed by atoms with Gasteiger partial charge in [0.25, 0.3) is 5.91 Å². The number of amides is 2. The molecule has 1 aromatic heterocycles. The molecule has 0 aliphatic heterocycles. The number of rotatable bonds is 6. The predicted molar refractivity (Wildman–Crippen MR) is 78.5 cm³/mol. The minimum Gasteiger partial charge on any atom is -0.352 e. The number of nitrogens with zero attached hydrogens (tertiary/aromatic N) is 2. The third-order valence-corrected chi connectivity index (χ3v) is 3.06. The van der Waals surface area contributed by atoms with Gasteiger partial charge in [-0.3, -0.25) is 14.7 Å². The molecule has 0 bridgehead atoms. The standard InChI is InChI=1S/C15H18N4O2/c1-19(11-12-9-17-18-10-12)14(20)7-8-16-15(21)13-5-3-2-4-6-13/h2-6,9-10H,7-8,11H2,1H3,(H,16,21)(H,17,18). The number of benzene rings is 1. The molecule has 6 heteroatoms. The maximum atomic E-state index is 11.9. The van der Waals surface area contributed by atoms with E-state index in [2.05, 4.69) is 15.5 Å². The largest absolute Gasteiger partial charge is 0.352 e. The van der Waals surface area contributed by atoms with Gasteiger partial charge in [-0.2, -0.15) is 5.10 Å². The third-order valence-electron chi connectivity index (χ3n) is 3.06. The highest BCUT2D eigenvalue weighted by Gasteiger charge is 2.10. The van der Waals surface area contributed by atoms with Gasteiger partial charge in [0.15, 0.2) is 0 Å². The molecule has 0 spiro atoms. The Kier molecular flexibility index (Phi) is 5.09. The van der Waals surface area contributed by atoms with Gasteiger partial charge in [-0.1, -0.05) is 18.2 Å². The maximum absolute atomic E-state index is 11.9. The lowest BCUT2D eigenvalue weighted by molar-refractivity contribution is -0.130. The number of H-pyrrole nitrogens is 1. The third kappa shape index (κ3) is 4.45. The quantitative estimate of drug-likeness (QED) is 0.837. The first-order chi connectivity index (χ1) is 10.2. The van der Waals surface area contributed by atoms with Crippen LogP contribution in [-0.4, -0.2) is 40.5 Å². The van der Waals surface area contributed by atoms with Crippen LogP contribution in [0.2, 0.25) is 0 Å². The van der Waals surface area contributed by atoms with Crippen LogP contribution < -0.4 is 5.32 Å². The first-order valence-corrected chi connectivity index (χ1v) is 6.71. The molecular weight excluding hydrogens is 268 g/mol. The first-order valence-electron chi connectivity index (χ1n) is 6.71. The van der Waals surface area contributed by atoms with Gasteiger partial charge in [0, 0.05) is 43.9 Å². The summed E-state index contributed by atoms with van der Waals surface area (Å²) in [7, 11) is 1.73. The molecule has 0 unspecified atom stereocenters. The molecule has 1 heterocycles. The van der Waals surface area contributed by atoms with Gasteiger partial charge in [0.1, 0.15) is 0 Å². The monoisotopic (exact) mass is 286 g/mol. The van der Waals surface area contributed by atoms with Crippen LogP contribution in [0.25, 0.3) is 0 Å². The zero-order valence-corrected chi connectivity index (χ0v) is 11.9. The second-order valence-electron chi connectivity index (χ2n) is 4.73. The fraction of sp³-hybridized carbons (Fsp3) is 0.267. The van der Waals surface area contributed by atoms with E-state index in [0.717, 1.165) is 5.56 Å². The lowest BCUT2D eigenvalue weighted by atomic mass is 10.2. The summed E-state index contributed by atoms with van der Waals surface area (Å²) in [6, 6.07) is 8.94. The van der Waals surface area contributed by atoms with Gasteiger partial charge in [0.05, 0.1) is 6.20 Å². The molecule has 2 amide bonds. The summed E-state index contributed by atoms with van der Waals surface area (Å²) >= 11 is 0. The van der Waals surface area contributed by atoms with Crippen molar-refractivity contribution in [1.29, 1.82) is 0 Å². The second-order valence-corrected chi connectivity index (χ2v) is 4.73. The Bertz CT molecular complexity index is 581. The van der Waals surface area contributed by atoms with Crippen LogP contribution in [0.1, 0.15) is 22.3 Å². The summed E-state index contributed by atoms with van der Waals surface area (Å²) in [5.41, 5.74) is 1.54. The summed E-state index contributed by atoms with van der Waals surface area (Å²) in [6.45, 7) is 0.824. The molecule has 0 saturated carbocycles. The van der Waals surface area contributed by atoms with Gasteiger partial charge < -0.3 is 10.2 Å². The molecule has 0 aliphatic rings. The molecule has 0 atom stereocenters. The first kappa shape index (κ1) is 14.8. The van der Waals surface area contributed by atoms with Crippen molar-refractivity contribution in [3.63, 3.8) is 0 Å². The zero-order valence-electron chi connectivity index (χ0n) is 11.9. The van der Waals surface area contributed by atoms with Gasteiger partial charge in [-0.15, -0.1) is 0 Å². The predicted octanol–water partition coefficient (Wildman–Crippen LogP) is 1.19. The molecule has 1 aromatic carbocycles. The summed E-state index contributed by atoms with van der Waals surface area (Å²) in [5.74, 6) is -0.189. The van der Waals surface area contributed by atoms with Gasteiger partial charge >= 0.3 is 0 Å². The van der Waals surface area contributed by atoms with Crippen molar-refractivity contribution in [2.75, 3.05) is 13.6 Å². The summed E-state index contributed by atoms with van der Waals surface area (Å²) in [6.07, 6.45) is 3.70. The molecule has 110 valence electrons. The Balaban J connectivity index is 1.73. The number of carbonyl (C=O) groups excluding carboxylic acids is 2. The van der Waals surface area contributed by atoms with E-state index in [4.69, 9.17) is 0 Å². The smallest absolute Gasteiger partial charge is 0.251 e. The van der Waals surface area contributed by atoms with Crippen LogP contribution in [0.15, 0.2) is 42.7 Å². The fourth-order valence-electron chi connectivity index (χ4n) is 1.89. The Labute approximate surface area is 123 Å². The molecule has 2 rings (SSSR count). The summed E-state index contributed by atoms with van der Waals surface area (Å²) < 4.78 is 0. The molecule has 0 fully saturated rings. The number of hydrogen-bond donors (Lipinski definition) is 2. The Morgan fingerprint density at radius 1 is 1.29 bits per heavy atom. The van der Waals surface area contributed by atoms with E-state index >= 15 is 0 Å². The van der Waals surface area contributed by atoms with Crippen LogP contribution in [0.3, 0.4) is 0 Å². The van der Waals surface area contributed by atoms with Crippen LogP contribution in [0.5, 0.6) is 0 Å². The number of aromatic nitrogens is 2. The number of hydrogen-bond acceptors (Lipinski definition) is 3. The lowest BCUT2D eigenvalue weighted by Gasteiger charge is -2.16. The van der Waals surface area contributed by atoms with E-state index < -0.39 is 0 Å². The van der Waals surface area contributed by atoms with Gasteiger partial charge in [-0.05, 0) is 12.1 Å². The Morgan fingerprint density at radius 2 is 2.05 bits per heavy atom. The van der Waals surface area contributed by atoms with Gasteiger partial charge in [-0.25, -0.2) is 0 Å². The lowest BCUT2D eigenvalue weighted by Crippen LogP contribution is -2.31. The SMILES string of the molecule is CN(Cc1cn[nH]c1)C(=O)CCNC(=O)c1ccccc1. The maximum Gasteiger partial charge on any atom is 0.251 e. The highest BCUT2D eigenvalue weighted by atomic mass is 16.2. The summed E-state index contributed by atoms with van der Waals surface area (Å²) in [4.78, 5) is 25.3. The van der Waals surface area contributed by atoms with E-state index in [1.165, 1.54) is 0 Å². The number of aromatic amines is 1. The van der Waals surface area contributed by atoms with Crippen molar-refractivity contribution in [1.82, 2.24) is 20.4 Å². The van der Waals surface area contributed by atoms with E-state index in [0.29, 0.717) is 18.7 Å². The van der Waals surface area contributed by atoms with Crippen LogP contribution >= 0.6 is 0 Å². The molecule has 2 N–H and O–H groups in total. The van der Waals surface area contributed by atoms with Crippen molar-refractivity contribution in [2.45, 2.75) is 13.0 Å².